The molecule has 0 amide bonds. The summed E-state index contributed by atoms with van der Waals surface area (Å²) in [4.78, 5) is 0. The Morgan fingerprint density at radius 1 is 1.38 bits per heavy atom. The van der Waals surface area contributed by atoms with Gasteiger partial charge in [-0.2, -0.15) is 8.42 Å². The summed E-state index contributed by atoms with van der Waals surface area (Å²) in [5.74, 6) is 0.327. The van der Waals surface area contributed by atoms with Crippen LogP contribution in [0, 0.1) is 5.92 Å². The van der Waals surface area contributed by atoms with Gasteiger partial charge in [0.15, 0.2) is 0 Å². The van der Waals surface area contributed by atoms with Crippen LogP contribution in [0.25, 0.3) is 0 Å². The molecule has 0 aromatic heterocycles. The van der Waals surface area contributed by atoms with Crippen LogP contribution in [0.5, 0.6) is 0 Å². The second-order valence-electron chi connectivity index (χ2n) is 4.72. The molecule has 1 fully saturated rings. The molecule has 1 rings (SSSR count). The molecule has 0 bridgehead atoms. The SMILES string of the molecule is CC(C)CNS(=O)(=O)NCCC1CCCN1. The second kappa shape index (κ2) is 6.54. The third kappa shape index (κ3) is 5.79. The van der Waals surface area contributed by atoms with Crippen molar-refractivity contribution in [3.8, 4) is 0 Å². The van der Waals surface area contributed by atoms with Gasteiger partial charge >= 0.3 is 0 Å². The normalized spacial score (nSPS) is 21.8. The minimum atomic E-state index is -3.30. The molecule has 16 heavy (non-hydrogen) atoms. The Kier molecular flexibility index (Phi) is 5.68. The van der Waals surface area contributed by atoms with Gasteiger partial charge in [-0.3, -0.25) is 0 Å². The topological polar surface area (TPSA) is 70.2 Å². The molecule has 0 aliphatic carbocycles. The summed E-state index contributed by atoms with van der Waals surface area (Å²) >= 11 is 0. The Morgan fingerprint density at radius 2 is 2.12 bits per heavy atom. The fourth-order valence-corrected chi connectivity index (χ4v) is 2.74. The molecule has 0 spiro atoms. The third-order valence-electron chi connectivity index (χ3n) is 2.63. The maximum absolute atomic E-state index is 11.5. The van der Waals surface area contributed by atoms with Gasteiger partial charge in [0.05, 0.1) is 0 Å². The molecule has 1 saturated heterocycles. The first-order valence-corrected chi connectivity index (χ1v) is 7.45. The molecule has 1 atom stereocenters. The predicted octanol–water partition coefficient (Wildman–Crippen LogP) is 0.209. The summed E-state index contributed by atoms with van der Waals surface area (Å²) in [6.07, 6.45) is 3.22. The first kappa shape index (κ1) is 13.9. The van der Waals surface area contributed by atoms with Gasteiger partial charge in [-0.15, -0.1) is 0 Å². The van der Waals surface area contributed by atoms with Crippen molar-refractivity contribution in [2.75, 3.05) is 19.6 Å². The van der Waals surface area contributed by atoms with Gasteiger partial charge in [-0.25, -0.2) is 9.44 Å². The quantitative estimate of drug-likeness (QED) is 0.604. The van der Waals surface area contributed by atoms with Crippen molar-refractivity contribution in [3.63, 3.8) is 0 Å². The van der Waals surface area contributed by atoms with E-state index in [0.29, 0.717) is 25.0 Å². The molecule has 6 heteroatoms. The van der Waals surface area contributed by atoms with E-state index in [4.69, 9.17) is 0 Å². The highest BCUT2D eigenvalue weighted by molar-refractivity contribution is 7.87. The van der Waals surface area contributed by atoms with Gasteiger partial charge in [0.1, 0.15) is 0 Å². The number of hydrogen-bond donors (Lipinski definition) is 3. The van der Waals surface area contributed by atoms with Crippen molar-refractivity contribution in [1.82, 2.24) is 14.8 Å². The lowest BCUT2D eigenvalue weighted by atomic mass is 10.2. The van der Waals surface area contributed by atoms with Crippen LogP contribution in [0.1, 0.15) is 33.1 Å². The van der Waals surface area contributed by atoms with Gasteiger partial charge in [0.2, 0.25) is 0 Å². The van der Waals surface area contributed by atoms with Crippen LogP contribution >= 0.6 is 0 Å². The molecule has 1 unspecified atom stereocenters. The van der Waals surface area contributed by atoms with E-state index in [9.17, 15) is 8.42 Å². The lowest BCUT2D eigenvalue weighted by Crippen LogP contribution is -2.40. The molecule has 5 nitrogen and oxygen atoms in total. The Hall–Kier alpha value is -0.170. The molecular formula is C10H23N3O2S. The molecule has 0 aromatic rings. The van der Waals surface area contributed by atoms with E-state index in [1.165, 1.54) is 6.42 Å². The second-order valence-corrected chi connectivity index (χ2v) is 6.31. The molecule has 0 saturated carbocycles. The minimum Gasteiger partial charge on any atom is -0.314 e. The van der Waals surface area contributed by atoms with Gasteiger partial charge in [0, 0.05) is 19.1 Å². The van der Waals surface area contributed by atoms with Crippen molar-refractivity contribution in [2.24, 2.45) is 5.92 Å². The monoisotopic (exact) mass is 249 g/mol. The standard InChI is InChI=1S/C10H23N3O2S/c1-9(2)8-13-16(14,15)12-7-5-10-4-3-6-11-10/h9-13H,3-8H2,1-2H3. The van der Waals surface area contributed by atoms with Crippen LogP contribution in [-0.2, 0) is 10.2 Å². The van der Waals surface area contributed by atoms with Crippen molar-refractivity contribution in [2.45, 2.75) is 39.2 Å². The predicted molar refractivity (Wildman–Crippen MR) is 65.4 cm³/mol. The van der Waals surface area contributed by atoms with E-state index >= 15 is 0 Å². The summed E-state index contributed by atoms with van der Waals surface area (Å²) in [6.45, 7) is 6.00. The van der Waals surface area contributed by atoms with Gasteiger partial charge < -0.3 is 5.32 Å². The maximum atomic E-state index is 11.5. The van der Waals surface area contributed by atoms with Crippen molar-refractivity contribution < 1.29 is 8.42 Å². The van der Waals surface area contributed by atoms with Crippen LogP contribution in [0.4, 0.5) is 0 Å². The summed E-state index contributed by atoms with van der Waals surface area (Å²) in [6, 6.07) is 0.479. The molecule has 96 valence electrons. The van der Waals surface area contributed by atoms with E-state index < -0.39 is 10.2 Å². The highest BCUT2D eigenvalue weighted by Crippen LogP contribution is 2.07. The number of nitrogens with one attached hydrogen (secondary N) is 3. The zero-order valence-electron chi connectivity index (χ0n) is 10.1. The Bertz CT molecular complexity index is 284. The molecule has 1 aliphatic rings. The number of rotatable bonds is 7. The van der Waals surface area contributed by atoms with Crippen LogP contribution in [0.3, 0.4) is 0 Å². The van der Waals surface area contributed by atoms with E-state index in [-0.39, 0.29) is 0 Å². The first-order valence-electron chi connectivity index (χ1n) is 5.97. The van der Waals surface area contributed by atoms with Gasteiger partial charge in [-0.05, 0) is 31.7 Å². The van der Waals surface area contributed by atoms with Crippen LogP contribution in [0.15, 0.2) is 0 Å². The molecule has 0 radical (unpaired) electrons. The fourth-order valence-electron chi connectivity index (χ4n) is 1.70. The molecule has 1 aliphatic heterocycles. The lowest BCUT2D eigenvalue weighted by Gasteiger charge is -2.12. The summed E-state index contributed by atoms with van der Waals surface area (Å²) in [5.41, 5.74) is 0. The molecule has 1 heterocycles. The van der Waals surface area contributed by atoms with Crippen LogP contribution in [0.2, 0.25) is 0 Å². The maximum Gasteiger partial charge on any atom is 0.276 e. The smallest absolute Gasteiger partial charge is 0.276 e. The van der Waals surface area contributed by atoms with E-state index in [1.54, 1.807) is 0 Å². The zero-order chi connectivity index (χ0) is 12.0. The Labute approximate surface area is 98.6 Å². The van der Waals surface area contributed by atoms with Crippen molar-refractivity contribution >= 4 is 10.2 Å². The van der Waals surface area contributed by atoms with Crippen LogP contribution in [-0.4, -0.2) is 34.1 Å². The average Bonchev–Trinajstić information content (AvgIpc) is 2.68. The summed E-state index contributed by atoms with van der Waals surface area (Å²) in [7, 11) is -3.30. The largest absolute Gasteiger partial charge is 0.314 e. The Balaban J connectivity index is 2.14. The van der Waals surface area contributed by atoms with E-state index in [2.05, 4.69) is 14.8 Å². The van der Waals surface area contributed by atoms with E-state index in [0.717, 1.165) is 19.4 Å². The average molecular weight is 249 g/mol. The Morgan fingerprint density at radius 3 is 2.69 bits per heavy atom. The minimum absolute atomic E-state index is 0.327. The lowest BCUT2D eigenvalue weighted by molar-refractivity contribution is 0.525. The summed E-state index contributed by atoms with van der Waals surface area (Å²) in [5, 5.41) is 3.34. The molecular weight excluding hydrogens is 226 g/mol. The van der Waals surface area contributed by atoms with E-state index in [1.807, 2.05) is 13.8 Å². The van der Waals surface area contributed by atoms with Gasteiger partial charge in [0.25, 0.3) is 10.2 Å². The number of hydrogen-bond acceptors (Lipinski definition) is 3. The zero-order valence-corrected chi connectivity index (χ0v) is 10.9. The van der Waals surface area contributed by atoms with Crippen LogP contribution < -0.4 is 14.8 Å². The highest BCUT2D eigenvalue weighted by Gasteiger charge is 2.15. The van der Waals surface area contributed by atoms with Crippen molar-refractivity contribution in [3.05, 3.63) is 0 Å². The van der Waals surface area contributed by atoms with Gasteiger partial charge in [-0.1, -0.05) is 13.8 Å². The molecule has 3 N–H and O–H groups in total. The first-order chi connectivity index (χ1) is 7.49. The fraction of sp³-hybridized carbons (Fsp3) is 1.00. The van der Waals surface area contributed by atoms with Crippen molar-refractivity contribution in [1.29, 1.82) is 0 Å². The highest BCUT2D eigenvalue weighted by atomic mass is 32.2. The summed E-state index contributed by atoms with van der Waals surface area (Å²) < 4.78 is 28.0. The third-order valence-corrected chi connectivity index (χ3v) is 3.76. The molecule has 0 aromatic carbocycles.